The van der Waals surface area contributed by atoms with Crippen molar-refractivity contribution in [1.29, 1.82) is 0 Å². The minimum atomic E-state index is 0.824. The van der Waals surface area contributed by atoms with E-state index in [1.165, 1.54) is 90.4 Å². The second-order valence-corrected chi connectivity index (χ2v) is 5.90. The summed E-state index contributed by atoms with van der Waals surface area (Å²) in [6.45, 7) is 5.17. The first kappa shape index (κ1) is 13.4. The monoisotopic (exact) mass is 238 g/mol. The number of hydrogen-bond acceptors (Lipinski definition) is 2. The van der Waals surface area contributed by atoms with Crippen LogP contribution in [0.1, 0.15) is 64.2 Å². The molecule has 0 radical (unpaired) electrons. The molecule has 0 aromatic rings. The summed E-state index contributed by atoms with van der Waals surface area (Å²) in [5, 5.41) is 3.79. The lowest BCUT2D eigenvalue weighted by atomic mass is 10.1. The van der Waals surface area contributed by atoms with Crippen LogP contribution in [0.2, 0.25) is 0 Å². The van der Waals surface area contributed by atoms with Crippen molar-refractivity contribution in [1.82, 2.24) is 10.2 Å². The van der Waals surface area contributed by atoms with Crippen LogP contribution in [-0.4, -0.2) is 37.1 Å². The van der Waals surface area contributed by atoms with Crippen LogP contribution in [0.5, 0.6) is 0 Å². The molecule has 0 amide bonds. The van der Waals surface area contributed by atoms with Gasteiger partial charge in [0, 0.05) is 19.1 Å². The van der Waals surface area contributed by atoms with E-state index in [1.54, 1.807) is 0 Å². The van der Waals surface area contributed by atoms with Gasteiger partial charge in [-0.1, -0.05) is 38.5 Å². The molecule has 0 unspecified atom stereocenters. The second-order valence-electron chi connectivity index (χ2n) is 5.90. The predicted molar refractivity (Wildman–Crippen MR) is 74.4 cm³/mol. The fourth-order valence-corrected chi connectivity index (χ4v) is 3.27. The highest BCUT2D eigenvalue weighted by Gasteiger charge is 2.12. The summed E-state index contributed by atoms with van der Waals surface area (Å²) in [4.78, 5) is 2.66. The third-order valence-electron chi connectivity index (χ3n) is 4.41. The quantitative estimate of drug-likeness (QED) is 0.757. The first-order valence-corrected chi connectivity index (χ1v) is 7.91. The molecule has 1 saturated heterocycles. The minimum absolute atomic E-state index is 0.824. The Balaban J connectivity index is 1.57. The van der Waals surface area contributed by atoms with Crippen molar-refractivity contribution in [3.05, 3.63) is 0 Å². The topological polar surface area (TPSA) is 15.3 Å². The van der Waals surface area contributed by atoms with E-state index in [-0.39, 0.29) is 0 Å². The number of hydrogen-bond donors (Lipinski definition) is 1. The highest BCUT2D eigenvalue weighted by Crippen LogP contribution is 2.17. The van der Waals surface area contributed by atoms with Crippen LogP contribution in [0.4, 0.5) is 0 Å². The van der Waals surface area contributed by atoms with E-state index < -0.39 is 0 Å². The molecule has 1 aliphatic carbocycles. The zero-order chi connectivity index (χ0) is 11.8. The zero-order valence-corrected chi connectivity index (χ0v) is 11.4. The van der Waals surface area contributed by atoms with Gasteiger partial charge in [0.15, 0.2) is 0 Å². The molecule has 0 bridgehead atoms. The lowest BCUT2D eigenvalue weighted by molar-refractivity contribution is 0.276. The third kappa shape index (κ3) is 5.39. The molecular weight excluding hydrogens is 208 g/mol. The molecule has 1 heterocycles. The molecule has 1 aliphatic heterocycles. The maximum atomic E-state index is 3.79. The van der Waals surface area contributed by atoms with Gasteiger partial charge in [-0.05, 0) is 38.8 Å². The average molecular weight is 238 g/mol. The summed E-state index contributed by atoms with van der Waals surface area (Å²) < 4.78 is 0. The van der Waals surface area contributed by atoms with Gasteiger partial charge in [-0.3, -0.25) is 0 Å². The van der Waals surface area contributed by atoms with Gasteiger partial charge in [-0.2, -0.15) is 0 Å². The predicted octanol–water partition coefficient (Wildman–Crippen LogP) is 3.17. The van der Waals surface area contributed by atoms with Crippen LogP contribution in [0.3, 0.4) is 0 Å². The van der Waals surface area contributed by atoms with Gasteiger partial charge in [0.05, 0.1) is 0 Å². The largest absolute Gasteiger partial charge is 0.313 e. The molecule has 2 fully saturated rings. The average Bonchev–Trinajstić information content (AvgIpc) is 2.73. The summed E-state index contributed by atoms with van der Waals surface area (Å²) in [5.74, 6) is 0. The van der Waals surface area contributed by atoms with Gasteiger partial charge in [0.2, 0.25) is 0 Å². The summed E-state index contributed by atoms with van der Waals surface area (Å²) in [5.41, 5.74) is 0. The SMILES string of the molecule is C1CCCC(NCCN2CCCCCC2)CC1. The molecular formula is C15H30N2. The van der Waals surface area contributed by atoms with E-state index in [2.05, 4.69) is 10.2 Å². The van der Waals surface area contributed by atoms with Crippen molar-refractivity contribution >= 4 is 0 Å². The van der Waals surface area contributed by atoms with E-state index in [0.29, 0.717) is 0 Å². The molecule has 0 aromatic heterocycles. The summed E-state index contributed by atoms with van der Waals surface area (Å²) in [7, 11) is 0. The molecule has 2 aliphatic rings. The summed E-state index contributed by atoms with van der Waals surface area (Å²) >= 11 is 0. The van der Waals surface area contributed by atoms with Crippen LogP contribution < -0.4 is 5.32 Å². The summed E-state index contributed by atoms with van der Waals surface area (Å²) in [6.07, 6.45) is 14.4. The molecule has 1 N–H and O–H groups in total. The first-order chi connectivity index (χ1) is 8.45. The Morgan fingerprint density at radius 2 is 1.35 bits per heavy atom. The van der Waals surface area contributed by atoms with Crippen LogP contribution in [0.25, 0.3) is 0 Å². The van der Waals surface area contributed by atoms with Crippen molar-refractivity contribution in [2.24, 2.45) is 0 Å². The van der Waals surface area contributed by atoms with E-state index in [1.807, 2.05) is 0 Å². The highest BCUT2D eigenvalue weighted by atomic mass is 15.1. The molecule has 0 aromatic carbocycles. The molecule has 2 rings (SSSR count). The fourth-order valence-electron chi connectivity index (χ4n) is 3.27. The Bertz CT molecular complexity index is 157. The number of nitrogens with zero attached hydrogens (tertiary/aromatic N) is 1. The molecule has 0 spiro atoms. The molecule has 2 nitrogen and oxygen atoms in total. The molecule has 17 heavy (non-hydrogen) atoms. The van der Waals surface area contributed by atoms with Gasteiger partial charge >= 0.3 is 0 Å². The van der Waals surface area contributed by atoms with Crippen molar-refractivity contribution in [3.63, 3.8) is 0 Å². The van der Waals surface area contributed by atoms with Crippen molar-refractivity contribution in [2.75, 3.05) is 26.2 Å². The van der Waals surface area contributed by atoms with Crippen LogP contribution >= 0.6 is 0 Å². The van der Waals surface area contributed by atoms with Gasteiger partial charge in [-0.25, -0.2) is 0 Å². The molecule has 100 valence electrons. The summed E-state index contributed by atoms with van der Waals surface area (Å²) in [6, 6.07) is 0.824. The Morgan fingerprint density at radius 3 is 2.00 bits per heavy atom. The van der Waals surface area contributed by atoms with Crippen LogP contribution in [0, 0.1) is 0 Å². The fraction of sp³-hybridized carbons (Fsp3) is 1.00. The van der Waals surface area contributed by atoms with Gasteiger partial charge in [0.25, 0.3) is 0 Å². The van der Waals surface area contributed by atoms with Crippen LogP contribution in [0.15, 0.2) is 0 Å². The maximum Gasteiger partial charge on any atom is 0.0107 e. The van der Waals surface area contributed by atoms with Gasteiger partial charge in [0.1, 0.15) is 0 Å². The number of likely N-dealkylation sites (tertiary alicyclic amines) is 1. The Morgan fingerprint density at radius 1 is 0.765 bits per heavy atom. The number of rotatable bonds is 4. The normalized spacial score (nSPS) is 25.4. The lowest BCUT2D eigenvalue weighted by Crippen LogP contribution is -2.37. The van der Waals surface area contributed by atoms with Crippen molar-refractivity contribution in [3.8, 4) is 0 Å². The third-order valence-corrected chi connectivity index (χ3v) is 4.41. The van der Waals surface area contributed by atoms with Crippen molar-refractivity contribution < 1.29 is 0 Å². The second kappa shape index (κ2) is 8.10. The Hall–Kier alpha value is -0.0800. The number of nitrogens with one attached hydrogen (secondary N) is 1. The zero-order valence-electron chi connectivity index (χ0n) is 11.4. The first-order valence-electron chi connectivity index (χ1n) is 7.91. The Kier molecular flexibility index (Phi) is 6.36. The maximum absolute atomic E-state index is 3.79. The lowest BCUT2D eigenvalue weighted by Gasteiger charge is -2.22. The van der Waals surface area contributed by atoms with E-state index >= 15 is 0 Å². The standard InChI is InChI=1S/C15H30N2/c1-2-6-10-15(9-5-1)16-11-14-17-12-7-3-4-8-13-17/h15-16H,1-14H2. The molecule has 1 saturated carbocycles. The van der Waals surface area contributed by atoms with E-state index in [4.69, 9.17) is 0 Å². The highest BCUT2D eigenvalue weighted by molar-refractivity contribution is 4.72. The van der Waals surface area contributed by atoms with Crippen molar-refractivity contribution in [2.45, 2.75) is 70.3 Å². The van der Waals surface area contributed by atoms with E-state index in [0.717, 1.165) is 6.04 Å². The van der Waals surface area contributed by atoms with E-state index in [9.17, 15) is 0 Å². The smallest absolute Gasteiger partial charge is 0.0107 e. The minimum Gasteiger partial charge on any atom is -0.313 e. The van der Waals surface area contributed by atoms with Crippen LogP contribution in [-0.2, 0) is 0 Å². The van der Waals surface area contributed by atoms with Gasteiger partial charge < -0.3 is 10.2 Å². The molecule has 2 heteroatoms. The Labute approximate surface area is 107 Å². The molecule has 0 atom stereocenters. The van der Waals surface area contributed by atoms with Gasteiger partial charge in [-0.15, -0.1) is 0 Å².